The minimum absolute atomic E-state index is 0.263. The molecule has 0 aromatic heterocycles. The lowest BCUT2D eigenvalue weighted by Gasteiger charge is -2.24. The van der Waals surface area contributed by atoms with E-state index in [4.69, 9.17) is 9.84 Å². The van der Waals surface area contributed by atoms with Crippen LogP contribution >= 0.6 is 0 Å². The van der Waals surface area contributed by atoms with Gasteiger partial charge in [0, 0.05) is 24.9 Å². The highest BCUT2D eigenvalue weighted by atomic mass is 19.1. The predicted octanol–water partition coefficient (Wildman–Crippen LogP) is 2.11. The number of nitrogens with one attached hydrogen (secondary N) is 1. The number of ether oxygens (including phenoxy) is 1. The summed E-state index contributed by atoms with van der Waals surface area (Å²) in [4.78, 5) is 10.6. The predicted molar refractivity (Wildman–Crippen MR) is 60.8 cm³/mol. The van der Waals surface area contributed by atoms with E-state index in [0.29, 0.717) is 18.9 Å². The fourth-order valence-corrected chi connectivity index (χ4v) is 1.86. The molecule has 2 N–H and O–H groups in total. The molecule has 0 unspecified atom stereocenters. The molecule has 1 aliphatic heterocycles. The molecule has 17 heavy (non-hydrogen) atoms. The van der Waals surface area contributed by atoms with Crippen molar-refractivity contribution in [1.82, 2.24) is 0 Å². The largest absolute Gasteiger partial charge is 0.478 e. The second-order valence-electron chi connectivity index (χ2n) is 4.03. The molecule has 1 aromatic rings. The Hall–Kier alpha value is -1.62. The molecule has 1 saturated heterocycles. The summed E-state index contributed by atoms with van der Waals surface area (Å²) in [7, 11) is 0. The standard InChI is InChI=1S/C12H14FNO3/c13-11-7-9(1-2-10(11)12(15)16)14-8-3-5-17-6-4-8/h1-2,7-8,14H,3-6H2,(H,15,16). The Morgan fingerprint density at radius 3 is 2.71 bits per heavy atom. The number of rotatable bonds is 3. The number of anilines is 1. The van der Waals surface area contributed by atoms with Gasteiger partial charge < -0.3 is 15.2 Å². The first-order chi connectivity index (χ1) is 8.16. The number of aromatic carboxylic acids is 1. The highest BCUT2D eigenvalue weighted by Crippen LogP contribution is 2.18. The van der Waals surface area contributed by atoms with Crippen molar-refractivity contribution in [2.24, 2.45) is 0 Å². The van der Waals surface area contributed by atoms with Crippen molar-refractivity contribution >= 4 is 11.7 Å². The number of hydrogen-bond acceptors (Lipinski definition) is 3. The molecular weight excluding hydrogens is 225 g/mol. The molecule has 92 valence electrons. The zero-order valence-corrected chi connectivity index (χ0v) is 9.28. The average Bonchev–Trinajstić information content (AvgIpc) is 2.30. The molecule has 1 heterocycles. The van der Waals surface area contributed by atoms with Crippen molar-refractivity contribution in [1.29, 1.82) is 0 Å². The van der Waals surface area contributed by atoms with E-state index in [1.54, 1.807) is 6.07 Å². The monoisotopic (exact) mass is 239 g/mol. The average molecular weight is 239 g/mol. The van der Waals surface area contributed by atoms with Crippen LogP contribution < -0.4 is 5.32 Å². The molecule has 0 spiro atoms. The maximum absolute atomic E-state index is 13.4. The second kappa shape index (κ2) is 5.14. The minimum Gasteiger partial charge on any atom is -0.478 e. The third-order valence-electron chi connectivity index (χ3n) is 2.79. The van der Waals surface area contributed by atoms with Gasteiger partial charge in [-0.2, -0.15) is 0 Å². The molecule has 0 atom stereocenters. The highest BCUT2D eigenvalue weighted by molar-refractivity contribution is 5.88. The first-order valence-corrected chi connectivity index (χ1v) is 5.54. The van der Waals surface area contributed by atoms with Crippen LogP contribution in [0.3, 0.4) is 0 Å². The maximum Gasteiger partial charge on any atom is 0.338 e. The van der Waals surface area contributed by atoms with Crippen LogP contribution in [0.15, 0.2) is 18.2 Å². The molecule has 0 bridgehead atoms. The van der Waals surface area contributed by atoms with Gasteiger partial charge >= 0.3 is 5.97 Å². The van der Waals surface area contributed by atoms with Crippen molar-refractivity contribution in [3.8, 4) is 0 Å². The molecule has 2 rings (SSSR count). The van der Waals surface area contributed by atoms with Crippen LogP contribution in [0.5, 0.6) is 0 Å². The Bertz CT molecular complexity index is 416. The third-order valence-corrected chi connectivity index (χ3v) is 2.79. The Morgan fingerprint density at radius 1 is 1.41 bits per heavy atom. The molecule has 0 aliphatic carbocycles. The van der Waals surface area contributed by atoms with Gasteiger partial charge in [0.05, 0.1) is 5.56 Å². The number of carboxylic acid groups (broad SMARTS) is 1. The van der Waals surface area contributed by atoms with Gasteiger partial charge in [-0.15, -0.1) is 0 Å². The van der Waals surface area contributed by atoms with Crippen molar-refractivity contribution < 1.29 is 19.0 Å². The lowest BCUT2D eigenvalue weighted by Crippen LogP contribution is -2.27. The van der Waals surface area contributed by atoms with Gasteiger partial charge in [-0.05, 0) is 31.0 Å². The number of halogens is 1. The summed E-state index contributed by atoms with van der Waals surface area (Å²) in [6.07, 6.45) is 1.75. The first-order valence-electron chi connectivity index (χ1n) is 5.54. The third kappa shape index (κ3) is 2.94. The van der Waals surface area contributed by atoms with Crippen molar-refractivity contribution in [3.63, 3.8) is 0 Å². The number of benzene rings is 1. The van der Waals surface area contributed by atoms with Crippen LogP contribution in [0.4, 0.5) is 10.1 Å². The zero-order valence-electron chi connectivity index (χ0n) is 9.28. The summed E-state index contributed by atoms with van der Waals surface area (Å²) >= 11 is 0. The molecule has 5 heteroatoms. The molecule has 0 amide bonds. The second-order valence-corrected chi connectivity index (χ2v) is 4.03. The van der Waals surface area contributed by atoms with Crippen LogP contribution in [0.25, 0.3) is 0 Å². The SMILES string of the molecule is O=C(O)c1ccc(NC2CCOCC2)cc1F. The summed E-state index contributed by atoms with van der Waals surface area (Å²) in [5, 5.41) is 11.9. The molecule has 1 fully saturated rings. The van der Waals surface area contributed by atoms with Crippen LogP contribution in [-0.4, -0.2) is 30.3 Å². The van der Waals surface area contributed by atoms with Crippen molar-refractivity contribution in [3.05, 3.63) is 29.6 Å². The molecule has 0 saturated carbocycles. The Balaban J connectivity index is 2.06. The Labute approximate surface area is 98.4 Å². The maximum atomic E-state index is 13.4. The molecule has 1 aliphatic rings. The van der Waals surface area contributed by atoms with Gasteiger partial charge in [0.2, 0.25) is 0 Å². The summed E-state index contributed by atoms with van der Waals surface area (Å²) in [5.41, 5.74) is 0.307. The van der Waals surface area contributed by atoms with Gasteiger partial charge in [-0.25, -0.2) is 9.18 Å². The topological polar surface area (TPSA) is 58.6 Å². The van der Waals surface area contributed by atoms with E-state index >= 15 is 0 Å². The Kier molecular flexibility index (Phi) is 3.58. The molecular formula is C12H14FNO3. The molecule has 1 aromatic carbocycles. The van der Waals surface area contributed by atoms with Gasteiger partial charge in [-0.3, -0.25) is 0 Å². The quantitative estimate of drug-likeness (QED) is 0.848. The number of carboxylic acids is 1. The summed E-state index contributed by atoms with van der Waals surface area (Å²) in [5.74, 6) is -1.96. The fourth-order valence-electron chi connectivity index (χ4n) is 1.86. The zero-order chi connectivity index (χ0) is 12.3. The van der Waals surface area contributed by atoms with E-state index < -0.39 is 11.8 Å². The first kappa shape index (κ1) is 11.9. The van der Waals surface area contributed by atoms with Gasteiger partial charge in [0.25, 0.3) is 0 Å². The van der Waals surface area contributed by atoms with Crippen LogP contribution in [0.1, 0.15) is 23.2 Å². The van der Waals surface area contributed by atoms with Crippen molar-refractivity contribution in [2.45, 2.75) is 18.9 Å². The van der Waals surface area contributed by atoms with Crippen LogP contribution in [0.2, 0.25) is 0 Å². The van der Waals surface area contributed by atoms with E-state index in [1.165, 1.54) is 12.1 Å². The van der Waals surface area contributed by atoms with Crippen molar-refractivity contribution in [2.75, 3.05) is 18.5 Å². The van der Waals surface area contributed by atoms with E-state index in [0.717, 1.165) is 12.8 Å². The highest BCUT2D eigenvalue weighted by Gasteiger charge is 2.15. The fraction of sp³-hybridized carbons (Fsp3) is 0.417. The van der Waals surface area contributed by atoms with Gasteiger partial charge in [0.1, 0.15) is 5.82 Å². The number of hydrogen-bond donors (Lipinski definition) is 2. The summed E-state index contributed by atoms with van der Waals surface area (Å²) in [6, 6.07) is 4.35. The summed E-state index contributed by atoms with van der Waals surface area (Å²) < 4.78 is 18.6. The normalized spacial score (nSPS) is 16.8. The molecule has 4 nitrogen and oxygen atoms in total. The Morgan fingerprint density at radius 2 is 2.12 bits per heavy atom. The minimum atomic E-state index is -1.25. The lowest BCUT2D eigenvalue weighted by atomic mass is 10.1. The lowest BCUT2D eigenvalue weighted by molar-refractivity contribution is 0.0692. The van der Waals surface area contributed by atoms with E-state index in [1.807, 2.05) is 0 Å². The van der Waals surface area contributed by atoms with Crippen LogP contribution in [0, 0.1) is 5.82 Å². The summed E-state index contributed by atoms with van der Waals surface area (Å²) in [6.45, 7) is 1.40. The van der Waals surface area contributed by atoms with E-state index in [-0.39, 0.29) is 11.6 Å². The van der Waals surface area contributed by atoms with Crippen LogP contribution in [-0.2, 0) is 4.74 Å². The smallest absolute Gasteiger partial charge is 0.338 e. The van der Waals surface area contributed by atoms with Gasteiger partial charge in [0.15, 0.2) is 0 Å². The molecule has 0 radical (unpaired) electrons. The van der Waals surface area contributed by atoms with E-state index in [2.05, 4.69) is 5.32 Å². The van der Waals surface area contributed by atoms with E-state index in [9.17, 15) is 9.18 Å². The van der Waals surface area contributed by atoms with Gasteiger partial charge in [-0.1, -0.05) is 0 Å². The number of carbonyl (C=O) groups is 1.